The van der Waals surface area contributed by atoms with E-state index in [1.807, 2.05) is 13.0 Å². The first-order chi connectivity index (χ1) is 8.16. The smallest absolute Gasteiger partial charge is 0.267 e. The Bertz CT molecular complexity index is 606. The summed E-state index contributed by atoms with van der Waals surface area (Å²) in [5.41, 5.74) is 0. The molecule has 1 aromatic carbocycles. The molecule has 4 heteroatoms. The molecule has 0 N–H and O–H groups in total. The van der Waals surface area contributed by atoms with Crippen LogP contribution in [-0.4, -0.2) is 10.1 Å². The molecule has 1 unspecified atom stereocenters. The molecule has 88 valence electrons. The molecule has 1 aromatic rings. The summed E-state index contributed by atoms with van der Waals surface area (Å²) in [6, 6.07) is 8.93. The van der Waals surface area contributed by atoms with Gasteiger partial charge in [-0.15, -0.1) is 4.36 Å². The van der Waals surface area contributed by atoms with E-state index in [4.69, 9.17) is 0 Å². The summed E-state index contributed by atoms with van der Waals surface area (Å²) >= 11 is 0. The van der Waals surface area contributed by atoms with Crippen molar-refractivity contribution in [2.45, 2.75) is 18.2 Å². The number of hydrogen-bond donors (Lipinski definition) is 0. The predicted octanol–water partition coefficient (Wildman–Crippen LogP) is 2.90. The van der Waals surface area contributed by atoms with Crippen molar-refractivity contribution in [1.82, 2.24) is 0 Å². The van der Waals surface area contributed by atoms with Gasteiger partial charge in [0.2, 0.25) is 0 Å². The number of carbonyl (C=O) groups is 1. The van der Waals surface area contributed by atoms with E-state index in [2.05, 4.69) is 4.36 Å². The topological polar surface area (TPSA) is 46.5 Å². The van der Waals surface area contributed by atoms with E-state index in [0.717, 1.165) is 0 Å². The molecular weight excluding hydrogens is 234 g/mol. The summed E-state index contributed by atoms with van der Waals surface area (Å²) in [4.78, 5) is 12.7. The maximum Gasteiger partial charge on any atom is 0.278 e. The molecular formula is C13H13NO2S. The third-order valence-corrected chi connectivity index (χ3v) is 5.00. The fraction of sp³-hybridized carbons (Fsp3) is 0.154. The van der Waals surface area contributed by atoms with Crippen molar-refractivity contribution < 1.29 is 9.00 Å². The van der Waals surface area contributed by atoms with Crippen LogP contribution < -0.4 is 0 Å². The number of carbonyl (C=O) groups excluding carboxylic acids is 1. The Morgan fingerprint density at radius 2 is 2.00 bits per heavy atom. The number of nitrogens with zero attached hydrogens (tertiary/aromatic N) is 1. The molecule has 3 nitrogen and oxygen atoms in total. The molecule has 0 saturated heterocycles. The maximum absolute atomic E-state index is 12.9. The Kier molecular flexibility index (Phi) is 3.24. The van der Waals surface area contributed by atoms with Crippen LogP contribution in [0.5, 0.6) is 0 Å². The Hall–Kier alpha value is -1.68. The molecule has 0 aromatic heterocycles. The van der Waals surface area contributed by atoms with Gasteiger partial charge in [0, 0.05) is 17.4 Å². The van der Waals surface area contributed by atoms with Gasteiger partial charge in [-0.3, -0.25) is 4.79 Å². The van der Waals surface area contributed by atoms with Crippen molar-refractivity contribution in [3.8, 4) is 0 Å². The van der Waals surface area contributed by atoms with Crippen LogP contribution in [0, 0.1) is 0 Å². The predicted molar refractivity (Wildman–Crippen MR) is 67.8 cm³/mol. The summed E-state index contributed by atoms with van der Waals surface area (Å²) in [6.07, 6.45) is 5.36. The average Bonchev–Trinajstić information content (AvgIpc) is 2.49. The highest BCUT2D eigenvalue weighted by Crippen LogP contribution is 2.26. The van der Waals surface area contributed by atoms with Gasteiger partial charge in [0.1, 0.15) is 9.73 Å². The van der Waals surface area contributed by atoms with Crippen molar-refractivity contribution in [3.05, 3.63) is 53.5 Å². The number of hydrogen-bond acceptors (Lipinski definition) is 2. The lowest BCUT2D eigenvalue weighted by molar-refractivity contribution is -0.113. The Labute approximate surface area is 101 Å². The lowest BCUT2D eigenvalue weighted by atomic mass is 10.3. The fourth-order valence-electron chi connectivity index (χ4n) is 1.69. The highest BCUT2D eigenvalue weighted by Gasteiger charge is 2.20. The normalized spacial score (nSPS) is 26.6. The largest absolute Gasteiger partial charge is 0.278 e. The summed E-state index contributed by atoms with van der Waals surface area (Å²) in [6.45, 7) is 1.82. The maximum atomic E-state index is 12.9. The average molecular weight is 247 g/mol. The Balaban J connectivity index is 2.69. The third kappa shape index (κ3) is 2.22. The van der Waals surface area contributed by atoms with E-state index in [1.54, 1.807) is 36.4 Å². The third-order valence-electron chi connectivity index (χ3n) is 2.54. The number of rotatable bonds is 1. The number of allylic oxidation sites excluding steroid dienone is 3. The van der Waals surface area contributed by atoms with Crippen LogP contribution in [0.25, 0.3) is 0 Å². The van der Waals surface area contributed by atoms with Crippen LogP contribution >= 0.6 is 0 Å². The highest BCUT2D eigenvalue weighted by molar-refractivity contribution is 7.97. The van der Waals surface area contributed by atoms with Crippen molar-refractivity contribution in [2.24, 2.45) is 4.36 Å². The quantitative estimate of drug-likeness (QED) is 0.766. The first-order valence-electron chi connectivity index (χ1n) is 5.35. The standard InChI is InChI=1S/C13H13NO2S/c1-2-11-9-6-10-13(15)14-17(11,16)12-7-4-3-5-8-12/h2-8,10H,9H2,1H3/b11-2+. The molecule has 1 amide bonds. The van der Waals surface area contributed by atoms with Crippen LogP contribution in [0.15, 0.2) is 62.7 Å². The number of amides is 1. The van der Waals surface area contributed by atoms with Crippen LogP contribution in [0.2, 0.25) is 0 Å². The van der Waals surface area contributed by atoms with Crippen molar-refractivity contribution in [1.29, 1.82) is 0 Å². The molecule has 0 radical (unpaired) electrons. The van der Waals surface area contributed by atoms with Gasteiger partial charge in [-0.05, 0) is 19.1 Å². The first kappa shape index (κ1) is 11.8. The molecule has 17 heavy (non-hydrogen) atoms. The second-order valence-corrected chi connectivity index (χ2v) is 5.86. The zero-order valence-electron chi connectivity index (χ0n) is 9.50. The van der Waals surface area contributed by atoms with Crippen LogP contribution in [-0.2, 0) is 14.5 Å². The van der Waals surface area contributed by atoms with Crippen molar-refractivity contribution >= 4 is 15.6 Å². The first-order valence-corrected chi connectivity index (χ1v) is 6.86. The Morgan fingerprint density at radius 1 is 1.29 bits per heavy atom. The molecule has 0 fully saturated rings. The molecule has 1 aliphatic rings. The van der Waals surface area contributed by atoms with E-state index in [1.165, 1.54) is 6.08 Å². The van der Waals surface area contributed by atoms with Crippen LogP contribution in [0.3, 0.4) is 0 Å². The molecule has 0 bridgehead atoms. The summed E-state index contributed by atoms with van der Waals surface area (Å²) in [5, 5.41) is 0. The van der Waals surface area contributed by atoms with Crippen LogP contribution in [0.4, 0.5) is 0 Å². The monoisotopic (exact) mass is 247 g/mol. The molecule has 0 saturated carbocycles. The summed E-state index contributed by atoms with van der Waals surface area (Å²) in [7, 11) is -2.77. The minimum absolute atomic E-state index is 0.435. The number of benzene rings is 1. The molecule has 1 atom stereocenters. The van der Waals surface area contributed by atoms with Gasteiger partial charge in [0.25, 0.3) is 5.91 Å². The van der Waals surface area contributed by atoms with Crippen molar-refractivity contribution in [3.63, 3.8) is 0 Å². The Morgan fingerprint density at radius 3 is 2.65 bits per heavy atom. The minimum atomic E-state index is -2.77. The second-order valence-electron chi connectivity index (χ2n) is 3.63. The van der Waals surface area contributed by atoms with Crippen LogP contribution in [0.1, 0.15) is 13.3 Å². The van der Waals surface area contributed by atoms with Gasteiger partial charge >= 0.3 is 0 Å². The lowest BCUT2D eigenvalue weighted by Gasteiger charge is -2.10. The molecule has 1 heterocycles. The minimum Gasteiger partial charge on any atom is -0.267 e. The zero-order chi connectivity index (χ0) is 12.3. The van der Waals surface area contributed by atoms with E-state index < -0.39 is 15.6 Å². The van der Waals surface area contributed by atoms with Gasteiger partial charge in [-0.2, -0.15) is 0 Å². The molecule has 2 rings (SSSR count). The lowest BCUT2D eigenvalue weighted by Crippen LogP contribution is -2.05. The fourth-order valence-corrected chi connectivity index (χ4v) is 3.70. The van der Waals surface area contributed by atoms with E-state index >= 15 is 0 Å². The van der Waals surface area contributed by atoms with E-state index in [-0.39, 0.29) is 0 Å². The molecule has 0 aliphatic carbocycles. The van der Waals surface area contributed by atoms with Crippen molar-refractivity contribution in [2.75, 3.05) is 0 Å². The van der Waals surface area contributed by atoms with Gasteiger partial charge in [0.05, 0.1) is 4.90 Å². The van der Waals surface area contributed by atoms with Gasteiger partial charge in [0.15, 0.2) is 0 Å². The highest BCUT2D eigenvalue weighted by atomic mass is 32.2. The van der Waals surface area contributed by atoms with Gasteiger partial charge in [-0.25, -0.2) is 4.21 Å². The SMILES string of the molecule is C/C=C1\CC=CC(=O)N=S1(=O)c1ccccc1. The summed E-state index contributed by atoms with van der Waals surface area (Å²) < 4.78 is 16.8. The summed E-state index contributed by atoms with van der Waals surface area (Å²) in [5.74, 6) is -0.435. The van der Waals surface area contributed by atoms with E-state index in [9.17, 15) is 9.00 Å². The second kappa shape index (κ2) is 4.67. The zero-order valence-corrected chi connectivity index (χ0v) is 10.3. The molecule has 0 spiro atoms. The van der Waals surface area contributed by atoms with E-state index in [0.29, 0.717) is 16.2 Å². The van der Waals surface area contributed by atoms with Gasteiger partial charge in [-0.1, -0.05) is 30.4 Å². The van der Waals surface area contributed by atoms with Gasteiger partial charge < -0.3 is 0 Å². The molecule has 1 aliphatic heterocycles.